The molecule has 3 rings (SSSR count). The molecule has 0 spiro atoms. The topological polar surface area (TPSA) is 120 Å². The number of amides is 2. The smallest absolute Gasteiger partial charge is 0.319 e. The summed E-state index contributed by atoms with van der Waals surface area (Å²) in [5.74, 6) is 1.21. The van der Waals surface area contributed by atoms with Gasteiger partial charge in [-0.15, -0.1) is 0 Å². The first kappa shape index (κ1) is 20.2. The Labute approximate surface area is 170 Å². The van der Waals surface area contributed by atoms with Crippen molar-refractivity contribution in [2.24, 2.45) is 0 Å². The Morgan fingerprint density at radius 3 is 2.72 bits per heavy atom. The molecule has 9 nitrogen and oxygen atoms in total. The minimum atomic E-state index is -0.615. The molecule has 0 aliphatic rings. The Morgan fingerprint density at radius 1 is 1.28 bits per heavy atom. The van der Waals surface area contributed by atoms with E-state index in [9.17, 15) is 14.9 Å². The van der Waals surface area contributed by atoms with Gasteiger partial charge in [0.2, 0.25) is 5.89 Å². The Balaban J connectivity index is 1.51. The van der Waals surface area contributed by atoms with Gasteiger partial charge in [-0.3, -0.25) is 10.1 Å². The molecule has 0 aliphatic heterocycles. The van der Waals surface area contributed by atoms with Gasteiger partial charge in [0.05, 0.1) is 17.7 Å². The van der Waals surface area contributed by atoms with Crippen LogP contribution in [0, 0.1) is 10.1 Å². The largest absolute Gasteiger partial charge is 0.497 e. The molecule has 0 radical (unpaired) electrons. The molecule has 1 heterocycles. The second-order valence-corrected chi connectivity index (χ2v) is 6.33. The molecule has 0 atom stereocenters. The van der Waals surface area contributed by atoms with Crippen LogP contribution in [0.25, 0.3) is 11.5 Å². The maximum Gasteiger partial charge on any atom is 0.319 e. The molecule has 0 bridgehead atoms. The van der Waals surface area contributed by atoms with E-state index in [0.717, 1.165) is 11.3 Å². The number of ether oxygens (including phenoxy) is 1. The van der Waals surface area contributed by atoms with Crippen LogP contribution in [-0.2, 0) is 6.42 Å². The van der Waals surface area contributed by atoms with Crippen LogP contribution in [0.1, 0.15) is 5.69 Å². The van der Waals surface area contributed by atoms with E-state index in [1.165, 1.54) is 24.5 Å². The number of nitrogens with one attached hydrogen (secondary N) is 2. The fourth-order valence-corrected chi connectivity index (χ4v) is 2.68. The number of carbonyl (C=O) groups is 1. The van der Waals surface area contributed by atoms with Crippen LogP contribution in [0.3, 0.4) is 0 Å². The Hall–Kier alpha value is -3.59. The number of carbonyl (C=O) groups excluding carboxylic acids is 1. The highest BCUT2D eigenvalue weighted by Crippen LogP contribution is 2.27. The normalized spacial score (nSPS) is 10.4. The standard InChI is InChI=1S/C19H17ClN4O5/c1-28-15-5-2-12(3-6-15)18-22-14(11-29-18)8-9-21-19(25)23-13-4-7-16(20)17(10-13)24(26)27/h2-7,10-11H,8-9H2,1H3,(H2,21,23,25). The molecule has 0 aliphatic carbocycles. The number of hydrogen-bond acceptors (Lipinski definition) is 6. The summed E-state index contributed by atoms with van der Waals surface area (Å²) < 4.78 is 10.6. The van der Waals surface area contributed by atoms with Crippen molar-refractivity contribution in [2.45, 2.75) is 6.42 Å². The number of nitrogens with zero attached hydrogens (tertiary/aromatic N) is 2. The second kappa shape index (κ2) is 9.07. The predicted octanol–water partition coefficient (Wildman–Crippen LogP) is 4.28. The molecule has 10 heteroatoms. The van der Waals surface area contributed by atoms with Crippen molar-refractivity contribution in [1.29, 1.82) is 0 Å². The predicted molar refractivity (Wildman–Crippen MR) is 107 cm³/mol. The van der Waals surface area contributed by atoms with Crippen molar-refractivity contribution in [2.75, 3.05) is 19.0 Å². The third-order valence-electron chi connectivity index (χ3n) is 3.96. The van der Waals surface area contributed by atoms with E-state index in [0.29, 0.717) is 24.6 Å². The zero-order valence-electron chi connectivity index (χ0n) is 15.3. The maximum atomic E-state index is 12.0. The lowest BCUT2D eigenvalue weighted by Gasteiger charge is -2.07. The first-order valence-electron chi connectivity index (χ1n) is 8.54. The number of hydrogen-bond donors (Lipinski definition) is 2. The maximum absolute atomic E-state index is 12.0. The lowest BCUT2D eigenvalue weighted by molar-refractivity contribution is -0.384. The SMILES string of the molecule is COc1ccc(-c2nc(CCNC(=O)Nc3ccc(Cl)c([N+](=O)[O-])c3)co2)cc1. The minimum Gasteiger partial charge on any atom is -0.497 e. The second-order valence-electron chi connectivity index (χ2n) is 5.93. The summed E-state index contributed by atoms with van der Waals surface area (Å²) in [7, 11) is 1.59. The van der Waals surface area contributed by atoms with Crippen LogP contribution in [0.5, 0.6) is 5.75 Å². The molecule has 2 amide bonds. The number of halogens is 1. The van der Waals surface area contributed by atoms with E-state index in [1.807, 2.05) is 24.3 Å². The number of benzene rings is 2. The summed E-state index contributed by atoms with van der Waals surface area (Å²) in [6.07, 6.45) is 1.98. The van der Waals surface area contributed by atoms with Crippen LogP contribution in [-0.4, -0.2) is 29.6 Å². The van der Waals surface area contributed by atoms with E-state index >= 15 is 0 Å². The van der Waals surface area contributed by atoms with Crippen molar-refractivity contribution < 1.29 is 18.9 Å². The average Bonchev–Trinajstić information content (AvgIpc) is 3.18. The first-order valence-corrected chi connectivity index (χ1v) is 8.91. The first-order chi connectivity index (χ1) is 14.0. The number of aromatic nitrogens is 1. The van der Waals surface area contributed by atoms with Crippen LogP contribution in [0.4, 0.5) is 16.2 Å². The third-order valence-corrected chi connectivity index (χ3v) is 4.28. The Kier molecular flexibility index (Phi) is 6.30. The van der Waals surface area contributed by atoms with Crippen molar-refractivity contribution >= 4 is 29.0 Å². The van der Waals surface area contributed by atoms with Gasteiger partial charge >= 0.3 is 6.03 Å². The summed E-state index contributed by atoms with van der Waals surface area (Å²) in [5, 5.41) is 16.1. The summed E-state index contributed by atoms with van der Waals surface area (Å²) in [5.41, 5.74) is 1.48. The average molecular weight is 417 g/mol. The summed E-state index contributed by atoms with van der Waals surface area (Å²) in [4.78, 5) is 26.6. The molecule has 29 heavy (non-hydrogen) atoms. The van der Waals surface area contributed by atoms with E-state index < -0.39 is 11.0 Å². The quantitative estimate of drug-likeness (QED) is 0.438. The minimum absolute atomic E-state index is 0.000320. The van der Waals surface area contributed by atoms with Gasteiger partial charge in [0.15, 0.2) is 0 Å². The van der Waals surface area contributed by atoms with Gasteiger partial charge in [0.25, 0.3) is 5.69 Å². The Morgan fingerprint density at radius 2 is 2.03 bits per heavy atom. The summed E-state index contributed by atoms with van der Waals surface area (Å²) in [6.45, 7) is 0.302. The molecule has 0 saturated heterocycles. The number of nitro benzene ring substituents is 1. The number of anilines is 1. The molecule has 1 aromatic heterocycles. The van der Waals surface area contributed by atoms with E-state index in [1.54, 1.807) is 7.11 Å². The number of nitro groups is 1. The number of urea groups is 1. The van der Waals surface area contributed by atoms with E-state index in [4.69, 9.17) is 20.8 Å². The van der Waals surface area contributed by atoms with Gasteiger partial charge in [-0.05, 0) is 36.4 Å². The van der Waals surface area contributed by atoms with Crippen molar-refractivity contribution in [1.82, 2.24) is 10.3 Å². The lowest BCUT2D eigenvalue weighted by Crippen LogP contribution is -2.30. The van der Waals surface area contributed by atoms with Gasteiger partial charge < -0.3 is 19.8 Å². The highest BCUT2D eigenvalue weighted by molar-refractivity contribution is 6.32. The molecule has 150 valence electrons. The van der Waals surface area contributed by atoms with Crippen molar-refractivity contribution in [3.63, 3.8) is 0 Å². The fourth-order valence-electron chi connectivity index (χ4n) is 2.50. The summed E-state index contributed by atoms with van der Waals surface area (Å²) >= 11 is 5.75. The van der Waals surface area contributed by atoms with Crippen LogP contribution in [0.2, 0.25) is 5.02 Å². The van der Waals surface area contributed by atoms with Crippen LogP contribution < -0.4 is 15.4 Å². The molecule has 2 aromatic carbocycles. The lowest BCUT2D eigenvalue weighted by atomic mass is 10.2. The molecular formula is C19H17ClN4O5. The molecule has 0 saturated carbocycles. The van der Waals surface area contributed by atoms with E-state index in [2.05, 4.69) is 15.6 Å². The number of oxazole rings is 1. The number of methoxy groups -OCH3 is 1. The van der Waals surface area contributed by atoms with Gasteiger partial charge in [0, 0.05) is 30.3 Å². The molecule has 3 aromatic rings. The van der Waals surface area contributed by atoms with Gasteiger partial charge in [-0.25, -0.2) is 9.78 Å². The highest BCUT2D eigenvalue weighted by atomic mass is 35.5. The van der Waals surface area contributed by atoms with Gasteiger partial charge in [0.1, 0.15) is 17.0 Å². The van der Waals surface area contributed by atoms with Crippen LogP contribution in [0.15, 0.2) is 53.1 Å². The molecule has 0 unspecified atom stereocenters. The monoisotopic (exact) mass is 416 g/mol. The van der Waals surface area contributed by atoms with E-state index in [-0.39, 0.29) is 16.4 Å². The fraction of sp³-hybridized carbons (Fsp3) is 0.158. The Bertz CT molecular complexity index is 1020. The molecule has 2 N–H and O–H groups in total. The molecule has 0 fully saturated rings. The van der Waals surface area contributed by atoms with Gasteiger partial charge in [-0.1, -0.05) is 11.6 Å². The number of rotatable bonds is 7. The zero-order chi connectivity index (χ0) is 20.8. The van der Waals surface area contributed by atoms with Gasteiger partial charge in [-0.2, -0.15) is 0 Å². The van der Waals surface area contributed by atoms with Crippen LogP contribution >= 0.6 is 11.6 Å². The summed E-state index contributed by atoms with van der Waals surface area (Å²) in [6, 6.07) is 10.8. The third kappa shape index (κ3) is 5.23. The highest BCUT2D eigenvalue weighted by Gasteiger charge is 2.14. The molecular weight excluding hydrogens is 400 g/mol. The van der Waals surface area contributed by atoms with Crippen molar-refractivity contribution in [3.05, 3.63) is 69.6 Å². The zero-order valence-corrected chi connectivity index (χ0v) is 16.1. The van der Waals surface area contributed by atoms with Crippen molar-refractivity contribution in [3.8, 4) is 17.2 Å².